The highest BCUT2D eigenvalue weighted by Crippen LogP contribution is 2.39. The third-order valence-corrected chi connectivity index (χ3v) is 5.51. The van der Waals surface area contributed by atoms with Crippen LogP contribution in [0.2, 0.25) is 0 Å². The molecule has 1 aliphatic carbocycles. The molecule has 0 radical (unpaired) electrons. The standard InChI is InChI=1S/C17H20N4O3S/c18-25(22,23)15-4-5-16(19-10-15)21-8-7-14(11-21)24-17-6-3-13(9-20-17)12-1-2-12/h3-6,9-10,12,14H,1-2,7-8,11H2,(H2,18,22,23). The highest BCUT2D eigenvalue weighted by Gasteiger charge is 2.26. The van der Waals surface area contributed by atoms with E-state index >= 15 is 0 Å². The smallest absolute Gasteiger partial charge is 0.239 e. The molecule has 0 amide bonds. The quantitative estimate of drug-likeness (QED) is 0.871. The summed E-state index contributed by atoms with van der Waals surface area (Å²) in [6, 6.07) is 7.19. The van der Waals surface area contributed by atoms with Crippen molar-refractivity contribution in [3.05, 3.63) is 42.2 Å². The van der Waals surface area contributed by atoms with Crippen molar-refractivity contribution in [3.63, 3.8) is 0 Å². The molecule has 2 fully saturated rings. The number of hydrogen-bond acceptors (Lipinski definition) is 6. The highest BCUT2D eigenvalue weighted by molar-refractivity contribution is 7.89. The molecule has 1 unspecified atom stereocenters. The Bertz CT molecular complexity index is 848. The number of primary sulfonamides is 1. The first-order chi connectivity index (χ1) is 12.0. The van der Waals surface area contributed by atoms with E-state index in [-0.39, 0.29) is 11.0 Å². The van der Waals surface area contributed by atoms with Gasteiger partial charge in [0.25, 0.3) is 0 Å². The van der Waals surface area contributed by atoms with Crippen molar-refractivity contribution < 1.29 is 13.2 Å². The summed E-state index contributed by atoms with van der Waals surface area (Å²) >= 11 is 0. The average Bonchev–Trinajstić information content (AvgIpc) is 3.34. The third-order valence-electron chi connectivity index (χ3n) is 4.61. The Morgan fingerprint density at radius 2 is 1.92 bits per heavy atom. The molecule has 1 atom stereocenters. The fourth-order valence-electron chi connectivity index (χ4n) is 3.05. The van der Waals surface area contributed by atoms with Crippen molar-refractivity contribution >= 4 is 15.8 Å². The first kappa shape index (κ1) is 16.3. The minimum Gasteiger partial charge on any atom is -0.472 e. The minimum atomic E-state index is -3.71. The topological polar surface area (TPSA) is 98.4 Å². The highest BCUT2D eigenvalue weighted by atomic mass is 32.2. The molecule has 3 heterocycles. The lowest BCUT2D eigenvalue weighted by atomic mass is 10.2. The van der Waals surface area contributed by atoms with Gasteiger partial charge in [-0.25, -0.2) is 23.5 Å². The molecule has 25 heavy (non-hydrogen) atoms. The molecule has 132 valence electrons. The number of rotatable bonds is 5. The summed E-state index contributed by atoms with van der Waals surface area (Å²) in [4.78, 5) is 10.7. The van der Waals surface area contributed by atoms with Crippen LogP contribution >= 0.6 is 0 Å². The normalized spacial score (nSPS) is 20.7. The fourth-order valence-corrected chi connectivity index (χ4v) is 3.51. The molecule has 2 N–H and O–H groups in total. The van der Waals surface area contributed by atoms with Crippen LogP contribution in [0.1, 0.15) is 30.7 Å². The van der Waals surface area contributed by atoms with Crippen molar-refractivity contribution in [2.24, 2.45) is 5.14 Å². The van der Waals surface area contributed by atoms with Crippen LogP contribution < -0.4 is 14.8 Å². The third kappa shape index (κ3) is 3.74. The lowest BCUT2D eigenvalue weighted by Gasteiger charge is -2.18. The second kappa shape index (κ2) is 6.27. The first-order valence-corrected chi connectivity index (χ1v) is 9.90. The number of hydrogen-bond donors (Lipinski definition) is 1. The maximum atomic E-state index is 11.3. The van der Waals surface area contributed by atoms with Gasteiger partial charge in [0.1, 0.15) is 16.8 Å². The van der Waals surface area contributed by atoms with E-state index in [0.29, 0.717) is 18.3 Å². The summed E-state index contributed by atoms with van der Waals surface area (Å²) in [7, 11) is -3.71. The predicted octanol–water partition coefficient (Wildman–Crippen LogP) is 1.66. The van der Waals surface area contributed by atoms with E-state index in [1.165, 1.54) is 30.7 Å². The van der Waals surface area contributed by atoms with Crippen LogP contribution in [0.25, 0.3) is 0 Å². The van der Waals surface area contributed by atoms with Gasteiger partial charge in [-0.3, -0.25) is 0 Å². The molecular weight excluding hydrogens is 340 g/mol. The van der Waals surface area contributed by atoms with Gasteiger partial charge in [-0.15, -0.1) is 0 Å². The van der Waals surface area contributed by atoms with Crippen LogP contribution in [0, 0.1) is 0 Å². The zero-order valence-electron chi connectivity index (χ0n) is 13.7. The number of anilines is 1. The molecular formula is C17H20N4O3S. The molecule has 1 aliphatic heterocycles. The Labute approximate surface area is 146 Å². The van der Waals surface area contributed by atoms with E-state index in [0.717, 1.165) is 18.8 Å². The van der Waals surface area contributed by atoms with Gasteiger partial charge in [0.15, 0.2) is 0 Å². The SMILES string of the molecule is NS(=O)(=O)c1ccc(N2CCC(Oc3ccc(C4CC4)cn3)C2)nc1. The van der Waals surface area contributed by atoms with Crippen LogP contribution in [0.3, 0.4) is 0 Å². The van der Waals surface area contributed by atoms with Gasteiger partial charge in [0, 0.05) is 31.4 Å². The zero-order valence-corrected chi connectivity index (χ0v) is 14.5. The number of aromatic nitrogens is 2. The largest absolute Gasteiger partial charge is 0.472 e. The number of sulfonamides is 1. The summed E-state index contributed by atoms with van der Waals surface area (Å²) in [5, 5.41) is 5.09. The Morgan fingerprint density at radius 3 is 2.52 bits per heavy atom. The van der Waals surface area contributed by atoms with Crippen LogP contribution in [0.5, 0.6) is 5.88 Å². The van der Waals surface area contributed by atoms with Crippen molar-refractivity contribution in [2.75, 3.05) is 18.0 Å². The van der Waals surface area contributed by atoms with Crippen molar-refractivity contribution in [3.8, 4) is 5.88 Å². The van der Waals surface area contributed by atoms with Crippen LogP contribution in [0.15, 0.2) is 41.6 Å². The second-order valence-electron chi connectivity index (χ2n) is 6.58. The predicted molar refractivity (Wildman–Crippen MR) is 93.1 cm³/mol. The molecule has 0 aromatic carbocycles. The lowest BCUT2D eigenvalue weighted by Crippen LogP contribution is -2.25. The number of nitrogens with two attached hydrogens (primary N) is 1. The average molecular weight is 360 g/mol. The van der Waals surface area contributed by atoms with Crippen LogP contribution in [0.4, 0.5) is 5.82 Å². The molecule has 0 bridgehead atoms. The monoisotopic (exact) mass is 360 g/mol. The van der Waals surface area contributed by atoms with Crippen molar-refractivity contribution in [1.82, 2.24) is 9.97 Å². The number of nitrogens with zero attached hydrogens (tertiary/aromatic N) is 3. The summed E-state index contributed by atoms with van der Waals surface area (Å²) in [5.41, 5.74) is 1.29. The molecule has 2 aromatic heterocycles. The van der Waals surface area contributed by atoms with Gasteiger partial charge in [0.05, 0.1) is 6.54 Å². The van der Waals surface area contributed by atoms with E-state index in [4.69, 9.17) is 9.88 Å². The molecule has 1 saturated heterocycles. The molecule has 2 aliphatic rings. The minimum absolute atomic E-state index is 0.0169. The lowest BCUT2D eigenvalue weighted by molar-refractivity contribution is 0.215. The molecule has 0 spiro atoms. The maximum Gasteiger partial charge on any atom is 0.239 e. The van der Waals surface area contributed by atoms with E-state index in [2.05, 4.69) is 20.9 Å². The van der Waals surface area contributed by atoms with E-state index in [9.17, 15) is 8.42 Å². The molecule has 8 heteroatoms. The van der Waals surface area contributed by atoms with Crippen molar-refractivity contribution in [2.45, 2.75) is 36.2 Å². The molecule has 2 aromatic rings. The van der Waals surface area contributed by atoms with E-state index in [1.54, 1.807) is 6.07 Å². The number of ether oxygens (including phenoxy) is 1. The Hall–Kier alpha value is -2.19. The van der Waals surface area contributed by atoms with Gasteiger partial charge in [-0.05, 0) is 36.5 Å². The molecule has 1 saturated carbocycles. The first-order valence-electron chi connectivity index (χ1n) is 8.35. The molecule has 7 nitrogen and oxygen atoms in total. The van der Waals surface area contributed by atoms with Crippen LogP contribution in [-0.2, 0) is 10.0 Å². The summed E-state index contributed by atoms with van der Waals surface area (Å²) in [6.07, 6.45) is 6.63. The Morgan fingerprint density at radius 1 is 1.08 bits per heavy atom. The van der Waals surface area contributed by atoms with Crippen molar-refractivity contribution in [1.29, 1.82) is 0 Å². The van der Waals surface area contributed by atoms with E-state index < -0.39 is 10.0 Å². The van der Waals surface area contributed by atoms with Gasteiger partial charge in [-0.1, -0.05) is 6.07 Å². The fraction of sp³-hybridized carbons (Fsp3) is 0.412. The second-order valence-corrected chi connectivity index (χ2v) is 8.14. The van der Waals surface area contributed by atoms with Gasteiger partial charge in [-0.2, -0.15) is 0 Å². The Balaban J connectivity index is 1.37. The van der Waals surface area contributed by atoms with Gasteiger partial charge in [0.2, 0.25) is 15.9 Å². The van der Waals surface area contributed by atoms with Gasteiger partial charge < -0.3 is 9.64 Å². The maximum absolute atomic E-state index is 11.3. The van der Waals surface area contributed by atoms with E-state index in [1.807, 2.05) is 12.3 Å². The molecule has 4 rings (SSSR count). The Kier molecular flexibility index (Phi) is 4.09. The summed E-state index contributed by atoms with van der Waals surface area (Å²) in [6.45, 7) is 1.49. The summed E-state index contributed by atoms with van der Waals surface area (Å²) in [5.74, 6) is 2.05. The summed E-state index contributed by atoms with van der Waals surface area (Å²) < 4.78 is 28.5. The van der Waals surface area contributed by atoms with Gasteiger partial charge >= 0.3 is 0 Å². The number of pyridine rings is 2. The van der Waals surface area contributed by atoms with Crippen LogP contribution in [-0.4, -0.2) is 37.6 Å². The zero-order chi connectivity index (χ0) is 17.4.